The van der Waals surface area contributed by atoms with Crippen LogP contribution in [-0.4, -0.2) is 55.8 Å². The molecule has 2 aliphatic rings. The number of carbonyl (C=O) groups is 1. The molecule has 2 aliphatic heterocycles. The molecule has 2 unspecified atom stereocenters. The van der Waals surface area contributed by atoms with E-state index in [0.29, 0.717) is 19.0 Å². The number of nitrogens with one attached hydrogen (secondary N) is 2. The van der Waals surface area contributed by atoms with Gasteiger partial charge in [-0.15, -0.1) is 12.4 Å². The number of hydrogen-bond donors (Lipinski definition) is 2. The van der Waals surface area contributed by atoms with Crippen LogP contribution in [0.3, 0.4) is 0 Å². The fraction of sp³-hybridized carbons (Fsp3) is 0.650. The molecular formula is C20H29ClF3N3O2. The Kier molecular flexibility index (Phi) is 9.04. The standard InChI is InChI=1S/C20H28F3N3O2.ClH/c21-20(22,23)14-28-17-6-1-4-15(10-17)12-26-9-3-5-16(13-26)11-25-19(27)18-7-2-8-24-18;/h1,4,6,10,16,18,24H,2-3,5,7-9,11-14H2,(H,25,27);1H. The molecule has 29 heavy (non-hydrogen) atoms. The summed E-state index contributed by atoms with van der Waals surface area (Å²) in [6.45, 7) is 2.77. The van der Waals surface area contributed by atoms with Gasteiger partial charge in [0, 0.05) is 19.6 Å². The van der Waals surface area contributed by atoms with Crippen LogP contribution in [0, 0.1) is 5.92 Å². The lowest BCUT2D eigenvalue weighted by Crippen LogP contribution is -2.45. The Morgan fingerprint density at radius 3 is 2.83 bits per heavy atom. The lowest BCUT2D eigenvalue weighted by Gasteiger charge is -2.33. The maximum atomic E-state index is 12.3. The van der Waals surface area contributed by atoms with E-state index in [4.69, 9.17) is 4.74 Å². The van der Waals surface area contributed by atoms with Crippen LogP contribution in [0.15, 0.2) is 24.3 Å². The molecule has 2 atom stereocenters. The van der Waals surface area contributed by atoms with Gasteiger partial charge in [-0.05, 0) is 62.4 Å². The SMILES string of the molecule is Cl.O=C(NCC1CCCN(Cc2cccc(OCC(F)(F)F)c2)C1)C1CCCN1. The summed E-state index contributed by atoms with van der Waals surface area (Å²) in [7, 11) is 0. The molecule has 0 aromatic heterocycles. The molecule has 0 bridgehead atoms. The number of benzene rings is 1. The molecule has 9 heteroatoms. The van der Waals surface area contributed by atoms with Gasteiger partial charge >= 0.3 is 6.18 Å². The number of likely N-dealkylation sites (tertiary alicyclic amines) is 1. The molecule has 1 aromatic rings. The Balaban J connectivity index is 0.00000300. The van der Waals surface area contributed by atoms with Crippen LogP contribution in [0.1, 0.15) is 31.2 Å². The Hall–Kier alpha value is -1.51. The first-order valence-corrected chi connectivity index (χ1v) is 9.91. The molecule has 164 valence electrons. The molecule has 2 fully saturated rings. The molecule has 1 aromatic carbocycles. The lowest BCUT2D eigenvalue weighted by atomic mass is 9.97. The summed E-state index contributed by atoms with van der Waals surface area (Å²) >= 11 is 0. The van der Waals surface area contributed by atoms with Crippen LogP contribution < -0.4 is 15.4 Å². The maximum absolute atomic E-state index is 12.3. The van der Waals surface area contributed by atoms with Crippen LogP contribution in [-0.2, 0) is 11.3 Å². The van der Waals surface area contributed by atoms with Crippen LogP contribution in [0.25, 0.3) is 0 Å². The third kappa shape index (κ3) is 8.03. The highest BCUT2D eigenvalue weighted by Gasteiger charge is 2.28. The molecular weight excluding hydrogens is 407 g/mol. The Bertz CT molecular complexity index is 654. The first-order chi connectivity index (χ1) is 13.4. The first kappa shape index (κ1) is 23.8. The molecule has 0 aliphatic carbocycles. The van der Waals surface area contributed by atoms with E-state index >= 15 is 0 Å². The Morgan fingerprint density at radius 2 is 2.10 bits per heavy atom. The third-order valence-corrected chi connectivity index (χ3v) is 5.25. The summed E-state index contributed by atoms with van der Waals surface area (Å²) in [5.41, 5.74) is 0.930. The van der Waals surface area contributed by atoms with Gasteiger partial charge in [0.2, 0.25) is 5.91 Å². The number of hydrogen-bond acceptors (Lipinski definition) is 4. The second-order valence-corrected chi connectivity index (χ2v) is 7.69. The van der Waals surface area contributed by atoms with Gasteiger partial charge in [-0.3, -0.25) is 9.69 Å². The largest absolute Gasteiger partial charge is 0.484 e. The predicted octanol–water partition coefficient (Wildman–Crippen LogP) is 3.13. The zero-order valence-corrected chi connectivity index (χ0v) is 17.2. The summed E-state index contributed by atoms with van der Waals surface area (Å²) in [5.74, 6) is 0.715. The fourth-order valence-corrected chi connectivity index (χ4v) is 3.89. The van der Waals surface area contributed by atoms with Crippen molar-refractivity contribution in [3.05, 3.63) is 29.8 Å². The number of amides is 1. The predicted molar refractivity (Wildman–Crippen MR) is 107 cm³/mol. The van der Waals surface area contributed by atoms with Gasteiger partial charge in [0.05, 0.1) is 6.04 Å². The normalized spacial score (nSPS) is 22.7. The summed E-state index contributed by atoms with van der Waals surface area (Å²) in [6.07, 6.45) is -0.277. The van der Waals surface area contributed by atoms with Gasteiger partial charge in [0.15, 0.2) is 6.61 Å². The molecule has 0 saturated carbocycles. The van der Waals surface area contributed by atoms with E-state index in [9.17, 15) is 18.0 Å². The number of nitrogens with zero attached hydrogens (tertiary/aromatic N) is 1. The van der Waals surface area contributed by atoms with Gasteiger partial charge < -0.3 is 15.4 Å². The quantitative estimate of drug-likeness (QED) is 0.691. The van der Waals surface area contributed by atoms with E-state index < -0.39 is 12.8 Å². The molecule has 0 radical (unpaired) electrons. The van der Waals surface area contributed by atoms with Gasteiger partial charge in [0.25, 0.3) is 0 Å². The zero-order chi connectivity index (χ0) is 20.0. The average molecular weight is 436 g/mol. The second kappa shape index (κ2) is 11.0. The summed E-state index contributed by atoms with van der Waals surface area (Å²) in [4.78, 5) is 14.4. The number of halogens is 4. The number of rotatable bonds is 7. The zero-order valence-electron chi connectivity index (χ0n) is 16.3. The molecule has 0 spiro atoms. The average Bonchev–Trinajstić information content (AvgIpc) is 3.19. The Morgan fingerprint density at radius 1 is 1.28 bits per heavy atom. The Labute approximate surface area is 175 Å². The molecule has 2 N–H and O–H groups in total. The summed E-state index contributed by atoms with van der Waals surface area (Å²) < 4.78 is 41.8. The van der Waals surface area contributed by atoms with Crippen molar-refractivity contribution in [2.24, 2.45) is 5.92 Å². The monoisotopic (exact) mass is 435 g/mol. The van der Waals surface area contributed by atoms with Crippen molar-refractivity contribution in [2.75, 3.05) is 32.8 Å². The molecule has 5 nitrogen and oxygen atoms in total. The smallest absolute Gasteiger partial charge is 0.422 e. The highest BCUT2D eigenvalue weighted by Crippen LogP contribution is 2.22. The van der Waals surface area contributed by atoms with Crippen molar-refractivity contribution in [1.82, 2.24) is 15.5 Å². The minimum Gasteiger partial charge on any atom is -0.484 e. The van der Waals surface area contributed by atoms with Gasteiger partial charge in [0.1, 0.15) is 5.75 Å². The van der Waals surface area contributed by atoms with Crippen molar-refractivity contribution in [3.63, 3.8) is 0 Å². The minimum atomic E-state index is -4.34. The number of carbonyl (C=O) groups excluding carboxylic acids is 1. The number of alkyl halides is 3. The third-order valence-electron chi connectivity index (χ3n) is 5.25. The lowest BCUT2D eigenvalue weighted by molar-refractivity contribution is -0.153. The van der Waals surface area contributed by atoms with Crippen molar-refractivity contribution in [3.8, 4) is 5.75 Å². The second-order valence-electron chi connectivity index (χ2n) is 7.69. The van der Waals surface area contributed by atoms with E-state index in [2.05, 4.69) is 15.5 Å². The van der Waals surface area contributed by atoms with Gasteiger partial charge in [-0.1, -0.05) is 12.1 Å². The van der Waals surface area contributed by atoms with Crippen LogP contribution >= 0.6 is 12.4 Å². The van der Waals surface area contributed by atoms with Crippen LogP contribution in [0.2, 0.25) is 0 Å². The first-order valence-electron chi connectivity index (χ1n) is 9.91. The van der Waals surface area contributed by atoms with Crippen LogP contribution in [0.5, 0.6) is 5.75 Å². The van der Waals surface area contributed by atoms with Gasteiger partial charge in [-0.25, -0.2) is 0 Å². The van der Waals surface area contributed by atoms with E-state index in [1.807, 2.05) is 6.07 Å². The topological polar surface area (TPSA) is 53.6 Å². The van der Waals surface area contributed by atoms with Gasteiger partial charge in [-0.2, -0.15) is 13.2 Å². The van der Waals surface area contributed by atoms with E-state index in [0.717, 1.165) is 50.9 Å². The van der Waals surface area contributed by atoms with Crippen molar-refractivity contribution < 1.29 is 22.7 Å². The van der Waals surface area contributed by atoms with Crippen molar-refractivity contribution in [2.45, 2.75) is 44.4 Å². The molecule has 1 amide bonds. The summed E-state index contributed by atoms with van der Waals surface area (Å²) in [5, 5.41) is 6.27. The number of ether oxygens (including phenoxy) is 1. The molecule has 2 heterocycles. The minimum absolute atomic E-state index is 0. The van der Waals surface area contributed by atoms with E-state index in [1.54, 1.807) is 18.2 Å². The van der Waals surface area contributed by atoms with E-state index in [-0.39, 0.29) is 30.1 Å². The maximum Gasteiger partial charge on any atom is 0.422 e. The highest BCUT2D eigenvalue weighted by atomic mass is 35.5. The molecule has 2 saturated heterocycles. The van der Waals surface area contributed by atoms with E-state index in [1.165, 1.54) is 0 Å². The van der Waals surface area contributed by atoms with Crippen molar-refractivity contribution >= 4 is 18.3 Å². The van der Waals surface area contributed by atoms with Crippen LogP contribution in [0.4, 0.5) is 13.2 Å². The fourth-order valence-electron chi connectivity index (χ4n) is 3.89. The number of piperidine rings is 1. The highest BCUT2D eigenvalue weighted by molar-refractivity contribution is 5.85. The molecule has 3 rings (SSSR count). The summed E-state index contributed by atoms with van der Waals surface area (Å²) in [6, 6.07) is 6.78. The van der Waals surface area contributed by atoms with Crippen molar-refractivity contribution in [1.29, 1.82) is 0 Å².